The van der Waals surface area contributed by atoms with Gasteiger partial charge in [0.05, 0.1) is 5.52 Å². The second kappa shape index (κ2) is 9.51. The Hall–Kier alpha value is -2.55. The van der Waals surface area contributed by atoms with E-state index in [0.717, 1.165) is 31.4 Å². The maximum Gasteiger partial charge on any atom is 0.410 e. The molecule has 2 aromatic rings. The zero-order chi connectivity index (χ0) is 21.7. The summed E-state index contributed by atoms with van der Waals surface area (Å²) in [5.74, 6) is -0.0277. The van der Waals surface area contributed by atoms with Crippen LogP contribution < -0.4 is 5.32 Å². The molecule has 0 saturated carbocycles. The second-order valence-corrected chi connectivity index (χ2v) is 8.34. The molecule has 164 valence electrons. The summed E-state index contributed by atoms with van der Waals surface area (Å²) in [6, 6.07) is 7.13. The number of rotatable bonds is 6. The van der Waals surface area contributed by atoms with Crippen molar-refractivity contribution in [3.05, 3.63) is 30.1 Å². The van der Waals surface area contributed by atoms with E-state index in [1.165, 1.54) is 0 Å². The van der Waals surface area contributed by atoms with Gasteiger partial charge < -0.3 is 15.0 Å². The minimum Gasteiger partial charge on any atom is -0.444 e. The molecule has 0 unspecified atom stereocenters. The first kappa shape index (κ1) is 22.1. The lowest BCUT2D eigenvalue weighted by Crippen LogP contribution is -2.50. The SMILES string of the molecule is CC(C)(C)OC(=O)N1CCN(CCCNc2nc(C(F)F)nc3ccccc23)CC1. The lowest BCUT2D eigenvalue weighted by molar-refractivity contribution is 0.0145. The molecule has 1 aliphatic heterocycles. The van der Waals surface area contributed by atoms with Crippen molar-refractivity contribution in [3.8, 4) is 0 Å². The van der Waals surface area contributed by atoms with Gasteiger partial charge in [-0.1, -0.05) is 12.1 Å². The van der Waals surface area contributed by atoms with Crippen molar-refractivity contribution in [2.45, 2.75) is 39.2 Å². The molecule has 9 heteroatoms. The number of halogens is 2. The van der Waals surface area contributed by atoms with E-state index in [1.807, 2.05) is 32.9 Å². The number of ether oxygens (including phenoxy) is 1. The van der Waals surface area contributed by atoms with Crippen LogP contribution in [0.15, 0.2) is 24.3 Å². The normalized spacial score (nSPS) is 15.6. The maximum absolute atomic E-state index is 13.1. The summed E-state index contributed by atoms with van der Waals surface area (Å²) in [7, 11) is 0. The molecule has 0 radical (unpaired) electrons. The number of carbonyl (C=O) groups is 1. The smallest absolute Gasteiger partial charge is 0.410 e. The van der Waals surface area contributed by atoms with Crippen LogP contribution in [0.3, 0.4) is 0 Å². The van der Waals surface area contributed by atoms with Gasteiger partial charge in [-0.15, -0.1) is 0 Å². The summed E-state index contributed by atoms with van der Waals surface area (Å²) < 4.78 is 31.6. The van der Waals surface area contributed by atoms with E-state index in [4.69, 9.17) is 4.74 Å². The van der Waals surface area contributed by atoms with E-state index in [2.05, 4.69) is 20.2 Å². The Morgan fingerprint density at radius 1 is 1.17 bits per heavy atom. The number of alkyl halides is 2. The van der Waals surface area contributed by atoms with Crippen LogP contribution in [0.25, 0.3) is 10.9 Å². The molecule has 1 saturated heterocycles. The van der Waals surface area contributed by atoms with Crippen molar-refractivity contribution in [2.24, 2.45) is 0 Å². The van der Waals surface area contributed by atoms with E-state index < -0.39 is 17.9 Å². The third-order valence-corrected chi connectivity index (χ3v) is 4.78. The number of nitrogens with zero attached hydrogens (tertiary/aromatic N) is 4. The van der Waals surface area contributed by atoms with Crippen molar-refractivity contribution in [1.82, 2.24) is 19.8 Å². The number of para-hydroxylation sites is 1. The lowest BCUT2D eigenvalue weighted by Gasteiger charge is -2.35. The predicted octanol–water partition coefficient (Wildman–Crippen LogP) is 3.92. The fraction of sp³-hybridized carbons (Fsp3) is 0.571. The highest BCUT2D eigenvalue weighted by Crippen LogP contribution is 2.24. The van der Waals surface area contributed by atoms with Gasteiger partial charge in [0.15, 0.2) is 5.82 Å². The molecule has 1 aromatic heterocycles. The molecule has 1 aromatic carbocycles. The summed E-state index contributed by atoms with van der Waals surface area (Å²) in [5.41, 5.74) is 0.0125. The molecule has 1 aliphatic rings. The second-order valence-electron chi connectivity index (χ2n) is 8.34. The summed E-state index contributed by atoms with van der Waals surface area (Å²) in [6.07, 6.45) is -2.15. The van der Waals surface area contributed by atoms with Crippen LogP contribution >= 0.6 is 0 Å². The van der Waals surface area contributed by atoms with Crippen molar-refractivity contribution in [1.29, 1.82) is 0 Å². The van der Waals surface area contributed by atoms with Gasteiger partial charge in [-0.25, -0.2) is 23.5 Å². The summed E-state index contributed by atoms with van der Waals surface area (Å²) >= 11 is 0. The predicted molar refractivity (Wildman–Crippen MR) is 112 cm³/mol. The first-order valence-corrected chi connectivity index (χ1v) is 10.2. The van der Waals surface area contributed by atoms with E-state index >= 15 is 0 Å². The Bertz CT molecular complexity index is 864. The van der Waals surface area contributed by atoms with E-state index in [9.17, 15) is 13.6 Å². The minimum atomic E-state index is -2.71. The van der Waals surface area contributed by atoms with E-state index in [1.54, 1.807) is 17.0 Å². The Morgan fingerprint density at radius 2 is 1.87 bits per heavy atom. The molecule has 3 rings (SSSR count). The third kappa shape index (κ3) is 5.98. The van der Waals surface area contributed by atoms with Crippen molar-refractivity contribution < 1.29 is 18.3 Å². The maximum atomic E-state index is 13.1. The van der Waals surface area contributed by atoms with Crippen LogP contribution in [-0.2, 0) is 4.74 Å². The zero-order valence-corrected chi connectivity index (χ0v) is 17.7. The van der Waals surface area contributed by atoms with Gasteiger partial charge in [0.25, 0.3) is 6.43 Å². The number of hydrogen-bond donors (Lipinski definition) is 1. The molecule has 0 aliphatic carbocycles. The molecule has 30 heavy (non-hydrogen) atoms. The number of amides is 1. The minimum absolute atomic E-state index is 0.269. The molecule has 7 nitrogen and oxygen atoms in total. The quantitative estimate of drug-likeness (QED) is 0.713. The summed E-state index contributed by atoms with van der Waals surface area (Å²) in [6.45, 7) is 9.87. The standard InChI is InChI=1S/C21H29F2N5O2/c1-21(2,3)30-20(29)28-13-11-27(12-14-28)10-6-9-24-18-15-7-4-5-8-16(15)25-19(26-18)17(22)23/h4-5,7-8,17H,6,9-14H2,1-3H3,(H,24,25,26). The molecule has 1 fully saturated rings. The number of fused-ring (bicyclic) bond motifs is 1. The highest BCUT2D eigenvalue weighted by Gasteiger charge is 2.25. The summed E-state index contributed by atoms with van der Waals surface area (Å²) in [5, 5.41) is 3.91. The molecule has 2 heterocycles. The van der Waals surface area contributed by atoms with Crippen LogP contribution in [0.4, 0.5) is 19.4 Å². The summed E-state index contributed by atoms with van der Waals surface area (Å²) in [4.78, 5) is 24.1. The molecule has 1 N–H and O–H groups in total. The monoisotopic (exact) mass is 421 g/mol. The average molecular weight is 421 g/mol. The van der Waals surface area contributed by atoms with Crippen LogP contribution in [0.1, 0.15) is 39.4 Å². The number of hydrogen-bond acceptors (Lipinski definition) is 6. The Kier molecular flexibility index (Phi) is 7.02. The fourth-order valence-corrected chi connectivity index (χ4v) is 3.32. The van der Waals surface area contributed by atoms with Gasteiger partial charge in [0, 0.05) is 38.1 Å². The van der Waals surface area contributed by atoms with Crippen molar-refractivity contribution in [3.63, 3.8) is 0 Å². The molecular formula is C21H29F2N5O2. The van der Waals surface area contributed by atoms with Crippen LogP contribution in [0.5, 0.6) is 0 Å². The highest BCUT2D eigenvalue weighted by atomic mass is 19.3. The Balaban J connectivity index is 1.47. The number of anilines is 1. The first-order chi connectivity index (χ1) is 14.2. The number of benzene rings is 1. The van der Waals surface area contributed by atoms with Gasteiger partial charge in [0.2, 0.25) is 0 Å². The van der Waals surface area contributed by atoms with Gasteiger partial charge in [-0.05, 0) is 45.9 Å². The first-order valence-electron chi connectivity index (χ1n) is 10.2. The molecular weight excluding hydrogens is 392 g/mol. The van der Waals surface area contributed by atoms with Gasteiger partial charge in [-0.3, -0.25) is 4.90 Å². The molecule has 1 amide bonds. The van der Waals surface area contributed by atoms with Crippen LogP contribution in [-0.4, -0.2) is 70.7 Å². The number of aromatic nitrogens is 2. The number of carbonyl (C=O) groups excluding carboxylic acids is 1. The Morgan fingerprint density at radius 3 is 2.53 bits per heavy atom. The number of nitrogens with one attached hydrogen (secondary N) is 1. The molecule has 0 spiro atoms. The van der Waals surface area contributed by atoms with Crippen molar-refractivity contribution in [2.75, 3.05) is 44.6 Å². The Labute approximate surface area is 175 Å². The molecule has 0 bridgehead atoms. The topological polar surface area (TPSA) is 70.6 Å². The highest BCUT2D eigenvalue weighted by molar-refractivity contribution is 5.88. The largest absolute Gasteiger partial charge is 0.444 e. The number of piperazine rings is 1. The fourth-order valence-electron chi connectivity index (χ4n) is 3.32. The average Bonchev–Trinajstić information content (AvgIpc) is 2.70. The molecule has 0 atom stereocenters. The van der Waals surface area contributed by atoms with Gasteiger partial charge >= 0.3 is 6.09 Å². The van der Waals surface area contributed by atoms with E-state index in [0.29, 0.717) is 31.0 Å². The third-order valence-electron chi connectivity index (χ3n) is 4.78. The lowest BCUT2D eigenvalue weighted by atomic mass is 10.2. The van der Waals surface area contributed by atoms with Crippen LogP contribution in [0, 0.1) is 0 Å². The van der Waals surface area contributed by atoms with Gasteiger partial charge in [-0.2, -0.15) is 0 Å². The zero-order valence-electron chi connectivity index (χ0n) is 17.7. The van der Waals surface area contributed by atoms with Crippen LogP contribution in [0.2, 0.25) is 0 Å². The van der Waals surface area contributed by atoms with E-state index in [-0.39, 0.29) is 6.09 Å². The van der Waals surface area contributed by atoms with Crippen molar-refractivity contribution >= 4 is 22.8 Å². The van der Waals surface area contributed by atoms with Gasteiger partial charge in [0.1, 0.15) is 11.4 Å².